The Hall–Kier alpha value is -2.30. The Labute approximate surface area is 90.7 Å². The lowest BCUT2D eigenvalue weighted by atomic mass is 10.1. The zero-order valence-corrected chi connectivity index (χ0v) is 8.36. The molecule has 0 aliphatic carbocycles. The third-order valence-corrected chi connectivity index (χ3v) is 2.27. The monoisotopic (exact) mass is 218 g/mol. The van der Waals surface area contributed by atoms with Gasteiger partial charge in [-0.2, -0.15) is 0 Å². The van der Waals surface area contributed by atoms with Crippen LogP contribution in [0.15, 0.2) is 35.1 Å². The van der Waals surface area contributed by atoms with Crippen molar-refractivity contribution in [3.63, 3.8) is 0 Å². The molecule has 1 aromatic heterocycles. The fraction of sp³-hybridized carbons (Fsp3) is 0.0909. The molecule has 0 aliphatic rings. The molecule has 2 aromatic rings. The van der Waals surface area contributed by atoms with E-state index in [0.29, 0.717) is 5.69 Å². The van der Waals surface area contributed by atoms with Crippen molar-refractivity contribution in [2.45, 2.75) is 6.42 Å². The van der Waals surface area contributed by atoms with E-state index in [-0.39, 0.29) is 17.5 Å². The molecule has 0 radical (unpaired) electrons. The van der Waals surface area contributed by atoms with Crippen molar-refractivity contribution < 1.29 is 9.90 Å². The first-order valence-electron chi connectivity index (χ1n) is 4.75. The molecule has 5 nitrogen and oxygen atoms in total. The van der Waals surface area contributed by atoms with Crippen molar-refractivity contribution in [3.8, 4) is 11.3 Å². The fourth-order valence-corrected chi connectivity index (χ4v) is 1.55. The van der Waals surface area contributed by atoms with Crippen molar-refractivity contribution in [2.24, 2.45) is 0 Å². The number of nitrogens with one attached hydrogen (secondary N) is 2. The van der Waals surface area contributed by atoms with Gasteiger partial charge in [0.15, 0.2) is 0 Å². The van der Waals surface area contributed by atoms with E-state index in [4.69, 9.17) is 5.11 Å². The van der Waals surface area contributed by atoms with Gasteiger partial charge in [0.05, 0.1) is 17.7 Å². The number of rotatable bonds is 3. The number of benzene rings is 1. The number of carboxylic acid groups (broad SMARTS) is 1. The maximum Gasteiger partial charge on any atom is 0.308 e. The molecular formula is C11H10N2O3. The number of aromatic nitrogens is 2. The number of carbonyl (C=O) groups is 1. The molecule has 0 saturated carbocycles. The van der Waals surface area contributed by atoms with E-state index in [1.54, 1.807) is 0 Å². The summed E-state index contributed by atoms with van der Waals surface area (Å²) in [5, 5.41) is 13.8. The van der Waals surface area contributed by atoms with Gasteiger partial charge in [-0.25, -0.2) is 0 Å². The first-order chi connectivity index (χ1) is 7.68. The highest BCUT2D eigenvalue weighted by Crippen LogP contribution is 2.18. The second kappa shape index (κ2) is 4.06. The number of carboxylic acids is 1. The summed E-state index contributed by atoms with van der Waals surface area (Å²) in [4.78, 5) is 22.0. The number of aliphatic carboxylic acids is 1. The Balaban J connectivity index is 2.50. The minimum absolute atomic E-state index is 0.249. The van der Waals surface area contributed by atoms with Crippen LogP contribution in [0.3, 0.4) is 0 Å². The molecule has 0 amide bonds. The molecule has 82 valence electrons. The maximum atomic E-state index is 11.4. The Kier molecular flexibility index (Phi) is 2.59. The van der Waals surface area contributed by atoms with Gasteiger partial charge in [-0.3, -0.25) is 19.8 Å². The summed E-state index contributed by atoms with van der Waals surface area (Å²) in [7, 11) is 0. The van der Waals surface area contributed by atoms with E-state index < -0.39 is 5.97 Å². The van der Waals surface area contributed by atoms with E-state index in [2.05, 4.69) is 10.2 Å². The van der Waals surface area contributed by atoms with E-state index in [1.807, 2.05) is 30.3 Å². The third-order valence-electron chi connectivity index (χ3n) is 2.27. The fourth-order valence-electron chi connectivity index (χ4n) is 1.55. The summed E-state index contributed by atoms with van der Waals surface area (Å²) in [6.45, 7) is 0. The summed E-state index contributed by atoms with van der Waals surface area (Å²) >= 11 is 0. The van der Waals surface area contributed by atoms with Crippen LogP contribution in [0.4, 0.5) is 0 Å². The summed E-state index contributed by atoms with van der Waals surface area (Å²) in [6, 6.07) is 9.12. The molecule has 0 saturated heterocycles. The zero-order chi connectivity index (χ0) is 11.5. The van der Waals surface area contributed by atoms with Crippen LogP contribution in [0, 0.1) is 0 Å². The first-order valence-corrected chi connectivity index (χ1v) is 4.75. The smallest absolute Gasteiger partial charge is 0.308 e. The highest BCUT2D eigenvalue weighted by Gasteiger charge is 2.14. The molecule has 1 aromatic carbocycles. The van der Waals surface area contributed by atoms with Crippen LogP contribution in [0.25, 0.3) is 11.3 Å². The molecule has 16 heavy (non-hydrogen) atoms. The van der Waals surface area contributed by atoms with Crippen molar-refractivity contribution in [1.29, 1.82) is 0 Å². The molecule has 0 spiro atoms. The van der Waals surface area contributed by atoms with Crippen LogP contribution in [0.1, 0.15) is 5.56 Å². The highest BCUT2D eigenvalue weighted by molar-refractivity contribution is 5.74. The Bertz CT molecular complexity index is 554. The van der Waals surface area contributed by atoms with E-state index in [9.17, 15) is 9.59 Å². The summed E-state index contributed by atoms with van der Waals surface area (Å²) in [5.74, 6) is -1.03. The number of aromatic amines is 2. The van der Waals surface area contributed by atoms with Crippen LogP contribution >= 0.6 is 0 Å². The van der Waals surface area contributed by atoms with Crippen molar-refractivity contribution in [1.82, 2.24) is 10.2 Å². The van der Waals surface area contributed by atoms with Crippen molar-refractivity contribution in [2.75, 3.05) is 0 Å². The normalized spacial score (nSPS) is 10.2. The van der Waals surface area contributed by atoms with Gasteiger partial charge < -0.3 is 5.11 Å². The molecule has 5 heteroatoms. The average molecular weight is 218 g/mol. The number of H-pyrrole nitrogens is 2. The molecule has 3 N–H and O–H groups in total. The van der Waals surface area contributed by atoms with Crippen molar-refractivity contribution >= 4 is 5.97 Å². The summed E-state index contributed by atoms with van der Waals surface area (Å²) in [5.41, 5.74) is 1.19. The predicted octanol–water partition coefficient (Wildman–Crippen LogP) is 0.997. The largest absolute Gasteiger partial charge is 0.481 e. The topological polar surface area (TPSA) is 85.9 Å². The lowest BCUT2D eigenvalue weighted by Gasteiger charge is -1.99. The summed E-state index contributed by atoms with van der Waals surface area (Å²) in [6.07, 6.45) is -0.289. The number of hydrogen-bond acceptors (Lipinski definition) is 2. The van der Waals surface area contributed by atoms with Crippen LogP contribution in [-0.4, -0.2) is 21.3 Å². The molecule has 0 aliphatic heterocycles. The minimum atomic E-state index is -1.03. The van der Waals surface area contributed by atoms with E-state index >= 15 is 0 Å². The quantitative estimate of drug-likeness (QED) is 0.718. The lowest BCUT2D eigenvalue weighted by molar-refractivity contribution is -0.136. The molecule has 0 unspecified atom stereocenters. The zero-order valence-electron chi connectivity index (χ0n) is 8.36. The second-order valence-electron chi connectivity index (χ2n) is 3.37. The molecule has 1 heterocycles. The second-order valence-corrected chi connectivity index (χ2v) is 3.37. The third kappa shape index (κ3) is 1.88. The average Bonchev–Trinajstić information content (AvgIpc) is 2.61. The maximum absolute atomic E-state index is 11.4. The number of hydrogen-bond donors (Lipinski definition) is 3. The highest BCUT2D eigenvalue weighted by atomic mass is 16.4. The Morgan fingerprint density at radius 1 is 1.19 bits per heavy atom. The molecule has 0 bridgehead atoms. The van der Waals surface area contributed by atoms with Gasteiger partial charge in [0.2, 0.25) is 0 Å². The van der Waals surface area contributed by atoms with Gasteiger partial charge >= 0.3 is 5.97 Å². The molecular weight excluding hydrogens is 208 g/mol. The van der Waals surface area contributed by atoms with Gasteiger partial charge in [-0.05, 0) is 5.56 Å². The van der Waals surface area contributed by atoms with Crippen LogP contribution in [-0.2, 0) is 11.2 Å². The lowest BCUT2D eigenvalue weighted by Crippen LogP contribution is -2.11. The van der Waals surface area contributed by atoms with Crippen LogP contribution in [0.5, 0.6) is 0 Å². The van der Waals surface area contributed by atoms with Gasteiger partial charge in [-0.1, -0.05) is 30.3 Å². The summed E-state index contributed by atoms with van der Waals surface area (Å²) < 4.78 is 0. The van der Waals surface area contributed by atoms with Crippen LogP contribution in [0.2, 0.25) is 0 Å². The molecule has 2 rings (SSSR count). The van der Waals surface area contributed by atoms with Crippen LogP contribution < -0.4 is 5.56 Å². The SMILES string of the molecule is O=C(O)Cc1c(-c2ccccc2)[nH][nH]c1=O. The van der Waals surface area contributed by atoms with Gasteiger partial charge in [0.25, 0.3) is 5.56 Å². The van der Waals surface area contributed by atoms with Gasteiger partial charge in [0.1, 0.15) is 0 Å². The van der Waals surface area contributed by atoms with Gasteiger partial charge in [-0.15, -0.1) is 0 Å². The first kappa shape index (κ1) is 10.2. The molecule has 0 fully saturated rings. The predicted molar refractivity (Wildman–Crippen MR) is 58.2 cm³/mol. The Morgan fingerprint density at radius 2 is 1.88 bits per heavy atom. The standard InChI is InChI=1S/C11H10N2O3/c14-9(15)6-8-10(12-13-11(8)16)7-4-2-1-3-5-7/h1-5H,6H2,(H,14,15)(H2,12,13,16). The van der Waals surface area contributed by atoms with Gasteiger partial charge in [0, 0.05) is 0 Å². The minimum Gasteiger partial charge on any atom is -0.481 e. The van der Waals surface area contributed by atoms with E-state index in [0.717, 1.165) is 5.56 Å². The van der Waals surface area contributed by atoms with E-state index in [1.165, 1.54) is 0 Å². The Morgan fingerprint density at radius 3 is 2.50 bits per heavy atom. The van der Waals surface area contributed by atoms with Crippen molar-refractivity contribution in [3.05, 3.63) is 46.2 Å². The molecule has 0 atom stereocenters.